The number of esters is 1. The number of phenolic OH excluding ortho intramolecular Hbond substituents is 1. The van der Waals surface area contributed by atoms with E-state index in [1.54, 1.807) is 20.8 Å². The van der Waals surface area contributed by atoms with Crippen LogP contribution in [0.25, 0.3) is 0 Å². The lowest BCUT2D eigenvalue weighted by Gasteiger charge is -2.39. The van der Waals surface area contributed by atoms with Crippen LogP contribution in [-0.4, -0.2) is 33.6 Å². The Balaban J connectivity index is 2.22. The molecule has 1 heterocycles. The van der Waals surface area contributed by atoms with Gasteiger partial charge in [0.1, 0.15) is 5.92 Å². The maximum atomic E-state index is 13.1. The summed E-state index contributed by atoms with van der Waals surface area (Å²) in [5, 5.41) is 21.2. The molecule has 0 radical (unpaired) electrons. The van der Waals surface area contributed by atoms with Crippen LogP contribution in [0.5, 0.6) is 5.75 Å². The number of nitro benzene ring substituents is 1. The van der Waals surface area contributed by atoms with Crippen LogP contribution in [0.2, 0.25) is 0 Å². The van der Waals surface area contributed by atoms with Crippen molar-refractivity contribution in [3.05, 3.63) is 45.1 Å². The summed E-state index contributed by atoms with van der Waals surface area (Å²) < 4.78 is 5.43. The highest BCUT2D eigenvalue weighted by Gasteiger charge is 2.46. The fourth-order valence-electron chi connectivity index (χ4n) is 4.30. The lowest BCUT2D eigenvalue weighted by molar-refractivity contribution is -0.385. The number of rotatable bonds is 4. The Hall–Kier alpha value is -3.03. The van der Waals surface area contributed by atoms with E-state index < -0.39 is 34.2 Å². The Morgan fingerprint density at radius 2 is 2.00 bits per heavy atom. The molecule has 0 saturated heterocycles. The van der Waals surface area contributed by atoms with Crippen LogP contribution < -0.4 is 0 Å². The third kappa shape index (κ3) is 3.99. The van der Waals surface area contributed by atoms with Crippen LogP contribution in [0.15, 0.2) is 34.5 Å². The maximum absolute atomic E-state index is 13.1. The number of aliphatic imine (C=N–C) groups is 1. The van der Waals surface area contributed by atoms with Crippen molar-refractivity contribution in [1.82, 2.24) is 0 Å². The molecule has 1 aliphatic carbocycles. The van der Waals surface area contributed by atoms with Crippen molar-refractivity contribution in [2.75, 3.05) is 0 Å². The zero-order chi connectivity index (χ0) is 22.4. The highest BCUT2D eigenvalue weighted by Crippen LogP contribution is 2.48. The second-order valence-corrected chi connectivity index (χ2v) is 9.00. The Kier molecular flexibility index (Phi) is 5.54. The van der Waals surface area contributed by atoms with Gasteiger partial charge in [-0.1, -0.05) is 19.9 Å². The molecule has 0 aromatic heterocycles. The van der Waals surface area contributed by atoms with Gasteiger partial charge in [0.2, 0.25) is 0 Å². The van der Waals surface area contributed by atoms with Crippen molar-refractivity contribution in [3.63, 3.8) is 0 Å². The van der Waals surface area contributed by atoms with Gasteiger partial charge in [-0.25, -0.2) is 0 Å². The Labute approximate surface area is 174 Å². The molecule has 1 N–H and O–H groups in total. The van der Waals surface area contributed by atoms with Gasteiger partial charge in [-0.3, -0.25) is 24.7 Å². The molecule has 0 spiro atoms. The third-order valence-corrected chi connectivity index (χ3v) is 5.46. The number of Topliss-reactive ketones (excluding diaryl/α,β-unsaturated/α-hetero) is 1. The molecule has 8 heteroatoms. The van der Waals surface area contributed by atoms with E-state index in [0.717, 1.165) is 0 Å². The molecule has 1 unspecified atom stereocenters. The second-order valence-electron chi connectivity index (χ2n) is 9.00. The van der Waals surface area contributed by atoms with Gasteiger partial charge >= 0.3 is 11.7 Å². The highest BCUT2D eigenvalue weighted by atomic mass is 16.6. The smallest absolute Gasteiger partial charge is 0.315 e. The Morgan fingerprint density at radius 1 is 1.33 bits per heavy atom. The first-order chi connectivity index (χ1) is 13.9. The molecule has 0 bridgehead atoms. The second kappa shape index (κ2) is 7.66. The van der Waals surface area contributed by atoms with Crippen molar-refractivity contribution >= 4 is 23.2 Å². The molecular weight excluding hydrogens is 388 g/mol. The number of phenols is 1. The first kappa shape index (κ1) is 21.7. The summed E-state index contributed by atoms with van der Waals surface area (Å²) in [4.78, 5) is 41.4. The van der Waals surface area contributed by atoms with Crippen LogP contribution in [0, 0.1) is 21.4 Å². The van der Waals surface area contributed by atoms with Gasteiger partial charge in [0.25, 0.3) is 0 Å². The summed E-state index contributed by atoms with van der Waals surface area (Å²) in [6.45, 7) is 9.14. The highest BCUT2D eigenvalue weighted by molar-refractivity contribution is 6.09. The number of hydrogen-bond donors (Lipinski definition) is 1. The number of nitro groups is 1. The van der Waals surface area contributed by atoms with E-state index in [-0.39, 0.29) is 17.3 Å². The minimum Gasteiger partial charge on any atom is -0.502 e. The van der Waals surface area contributed by atoms with Gasteiger partial charge in [-0.15, -0.1) is 0 Å². The lowest BCUT2D eigenvalue weighted by Crippen LogP contribution is -2.40. The van der Waals surface area contributed by atoms with Crippen molar-refractivity contribution in [2.45, 2.75) is 59.5 Å². The Morgan fingerprint density at radius 3 is 2.60 bits per heavy atom. The van der Waals surface area contributed by atoms with Gasteiger partial charge in [-0.05, 0) is 44.2 Å². The normalized spacial score (nSPS) is 23.1. The molecule has 160 valence electrons. The monoisotopic (exact) mass is 414 g/mol. The minimum atomic E-state index is -0.875. The summed E-state index contributed by atoms with van der Waals surface area (Å²) in [5.41, 5.74) is 1.19. The van der Waals surface area contributed by atoms with E-state index in [9.17, 15) is 24.8 Å². The van der Waals surface area contributed by atoms with E-state index in [2.05, 4.69) is 4.99 Å². The molecule has 30 heavy (non-hydrogen) atoms. The van der Waals surface area contributed by atoms with Crippen LogP contribution in [0.4, 0.5) is 5.69 Å². The molecule has 8 nitrogen and oxygen atoms in total. The average molecular weight is 414 g/mol. The molecule has 3 rings (SSSR count). The predicted octanol–water partition coefficient (Wildman–Crippen LogP) is 4.07. The van der Waals surface area contributed by atoms with Gasteiger partial charge < -0.3 is 9.84 Å². The average Bonchev–Trinajstić information content (AvgIpc) is 2.58. The molecule has 1 aliphatic heterocycles. The van der Waals surface area contributed by atoms with Crippen LogP contribution >= 0.6 is 0 Å². The summed E-state index contributed by atoms with van der Waals surface area (Å²) in [6, 6.07) is 3.96. The van der Waals surface area contributed by atoms with E-state index in [1.807, 2.05) is 13.8 Å². The standard InChI is InChI=1S/C22H26N2O6/c1-11(2)30-21(27)18-12(3)23-14-9-22(4,5)10-17(26)20(14)19(18)13-6-7-16(25)15(8-13)24(28)29/h6-8,11,18-19,25H,9-10H2,1-5H3/t18?,19-/m0/s1. The van der Waals surface area contributed by atoms with E-state index >= 15 is 0 Å². The maximum Gasteiger partial charge on any atom is 0.315 e. The number of benzene rings is 1. The molecule has 2 aliphatic rings. The fraction of sp³-hybridized carbons (Fsp3) is 0.500. The van der Waals surface area contributed by atoms with Crippen molar-refractivity contribution in [2.24, 2.45) is 16.3 Å². The molecule has 1 aromatic carbocycles. The van der Waals surface area contributed by atoms with Crippen LogP contribution in [0.1, 0.15) is 58.9 Å². The molecule has 2 atom stereocenters. The van der Waals surface area contributed by atoms with Gasteiger partial charge in [0.05, 0.1) is 11.0 Å². The zero-order valence-corrected chi connectivity index (χ0v) is 17.8. The summed E-state index contributed by atoms with van der Waals surface area (Å²) in [7, 11) is 0. The largest absolute Gasteiger partial charge is 0.502 e. The fourth-order valence-corrected chi connectivity index (χ4v) is 4.30. The van der Waals surface area contributed by atoms with Crippen molar-refractivity contribution < 1.29 is 24.4 Å². The summed E-state index contributed by atoms with van der Waals surface area (Å²) in [6.07, 6.45) is 0.494. The quantitative estimate of drug-likeness (QED) is 0.451. The molecule has 0 saturated carbocycles. The third-order valence-electron chi connectivity index (χ3n) is 5.46. The first-order valence-electron chi connectivity index (χ1n) is 9.90. The number of ether oxygens (including phenoxy) is 1. The molecular formula is C22H26N2O6. The van der Waals surface area contributed by atoms with E-state index in [4.69, 9.17) is 4.74 Å². The van der Waals surface area contributed by atoms with Crippen molar-refractivity contribution in [3.8, 4) is 5.75 Å². The topological polar surface area (TPSA) is 119 Å². The van der Waals surface area contributed by atoms with E-state index in [1.165, 1.54) is 18.2 Å². The number of allylic oxidation sites excluding steroid dienone is 2. The number of nitrogens with zero attached hydrogens (tertiary/aromatic N) is 2. The molecule has 0 amide bonds. The van der Waals surface area contributed by atoms with Crippen LogP contribution in [-0.2, 0) is 14.3 Å². The summed E-state index contributed by atoms with van der Waals surface area (Å²) in [5.74, 6) is -2.76. The number of hydrogen-bond acceptors (Lipinski definition) is 7. The zero-order valence-electron chi connectivity index (χ0n) is 17.8. The Bertz CT molecular complexity index is 989. The number of carbonyl (C=O) groups is 2. The minimum absolute atomic E-state index is 0.124. The van der Waals surface area contributed by atoms with Gasteiger partial charge in [-0.2, -0.15) is 0 Å². The lowest BCUT2D eigenvalue weighted by atomic mass is 9.67. The predicted molar refractivity (Wildman–Crippen MR) is 110 cm³/mol. The van der Waals surface area contributed by atoms with Crippen LogP contribution in [0.3, 0.4) is 0 Å². The molecule has 1 aromatic rings. The number of aromatic hydroxyl groups is 1. The first-order valence-corrected chi connectivity index (χ1v) is 9.90. The summed E-state index contributed by atoms with van der Waals surface area (Å²) >= 11 is 0. The SMILES string of the molecule is CC1=NC2=C(C(=O)CC(C)(C)C2)[C@@H](c2ccc(O)c([N+](=O)[O-])c2)C1C(=O)OC(C)C. The number of ketones is 1. The van der Waals surface area contributed by atoms with Gasteiger partial charge in [0.15, 0.2) is 11.5 Å². The van der Waals surface area contributed by atoms with E-state index in [0.29, 0.717) is 35.4 Å². The van der Waals surface area contributed by atoms with Crippen molar-refractivity contribution in [1.29, 1.82) is 0 Å². The molecule has 0 fully saturated rings. The van der Waals surface area contributed by atoms with Gasteiger partial charge in [0, 0.05) is 35.4 Å². The number of carbonyl (C=O) groups excluding carboxylic acids is 2.